The van der Waals surface area contributed by atoms with E-state index in [2.05, 4.69) is 156 Å². The standard InChI is InChI=1S/C61H104O30S11/c1-20-26(7)56(73-33(14-66-92)39(20)78-55-27(8)21(2)40(34(74-55)15-67-93)80-57-29(10)23(4)42(87-98)36(76-57)17-69-95)79-41-22(3)28(9)58(75-35(41)16-68-94)81-43-24(5)30(11)60(85-50(43)53(62)63)84-47-38(19-71-97)77-61(52(91-102)49(47)90-101)82-44-25(6)31(12)59(86-51(44)54(64)65)83-46-37(18-70-96)72-32(13)45(88-99)48(46)89-100/h20-52,55-61,92-102H,14-19H2,1-13H3,(H,62,63)(H,64,65)/p-2/t20-,21-,22-,23-,24-,25?,26?,27?,28?,29?,30?,31?,32-,33?,34?,35?,36?,37?,38+,39+,40+,41+,42-,43+,44+,45?,46-,47-,48-,49?,50?,51-,52?,55-,56-,57-,58-,59+,60-,61-/m1/s1. The second-order valence-corrected chi connectivity index (χ2v) is 30.8. The second-order valence-electron chi connectivity index (χ2n) is 28.2. The average Bonchev–Trinajstić information content (AvgIpc) is 0.770. The highest BCUT2D eigenvalue weighted by molar-refractivity contribution is 7.76. The first-order valence-electron chi connectivity index (χ1n) is 34.0. The molecule has 8 saturated heterocycles. The van der Waals surface area contributed by atoms with Gasteiger partial charge in [-0.3, -0.25) is 0 Å². The monoisotopic (exact) mass is 1670 g/mol. The molecule has 8 heterocycles. The minimum atomic E-state index is -1.79. The summed E-state index contributed by atoms with van der Waals surface area (Å²) in [5.74, 6) is -7.63. The van der Waals surface area contributed by atoms with E-state index < -0.39 is 208 Å². The van der Waals surface area contributed by atoms with Gasteiger partial charge in [0.05, 0.1) is 88.2 Å². The molecule has 594 valence electrons. The first-order chi connectivity index (χ1) is 48.7. The van der Waals surface area contributed by atoms with Gasteiger partial charge in [0.25, 0.3) is 0 Å². The van der Waals surface area contributed by atoms with E-state index in [1.165, 1.54) is 0 Å². The van der Waals surface area contributed by atoms with Crippen molar-refractivity contribution < 1.29 is 137 Å². The molecule has 0 spiro atoms. The third-order valence-electron chi connectivity index (χ3n) is 22.5. The van der Waals surface area contributed by atoms with Crippen molar-refractivity contribution in [3.8, 4) is 0 Å². The molecule has 0 N–H and O–H groups in total. The van der Waals surface area contributed by atoms with Crippen LogP contribution in [0.3, 0.4) is 0 Å². The molecule has 41 heteroatoms. The Balaban J connectivity index is 0.915. The number of carboxylic acid groups (broad SMARTS) is 2. The van der Waals surface area contributed by atoms with E-state index in [9.17, 15) is 19.8 Å². The maximum Gasteiger partial charge on any atom is 0.188 e. The van der Waals surface area contributed by atoms with Gasteiger partial charge in [-0.2, -0.15) is 0 Å². The highest BCUT2D eigenvalue weighted by Gasteiger charge is 2.59. The molecule has 0 aromatic heterocycles. The van der Waals surface area contributed by atoms with Crippen molar-refractivity contribution >= 4 is 154 Å². The van der Waals surface area contributed by atoms with E-state index in [-0.39, 0.29) is 87.2 Å². The Morgan fingerprint density at radius 2 is 0.461 bits per heavy atom. The summed E-state index contributed by atoms with van der Waals surface area (Å²) in [6.07, 6.45) is -27.3. The molecule has 8 aliphatic heterocycles. The van der Waals surface area contributed by atoms with Crippen LogP contribution in [0.4, 0.5) is 0 Å². The van der Waals surface area contributed by atoms with Gasteiger partial charge in [0.15, 0.2) is 50.1 Å². The summed E-state index contributed by atoms with van der Waals surface area (Å²) in [6, 6.07) is 0. The molecule has 0 bridgehead atoms. The maximum atomic E-state index is 13.4. The minimum absolute atomic E-state index is 0.0115. The normalized spacial score (nSPS) is 48.2. The first-order valence-corrected chi connectivity index (χ1v) is 38.0. The van der Waals surface area contributed by atoms with Crippen LogP contribution < -0.4 is 10.2 Å². The van der Waals surface area contributed by atoms with E-state index in [4.69, 9.17) is 117 Å². The summed E-state index contributed by atoms with van der Waals surface area (Å²) >= 11 is 45.0. The van der Waals surface area contributed by atoms with Crippen molar-refractivity contribution in [3.05, 3.63) is 0 Å². The van der Waals surface area contributed by atoms with Gasteiger partial charge in [-0.25, -0.2) is 0 Å². The highest BCUT2D eigenvalue weighted by Crippen LogP contribution is 2.47. The van der Waals surface area contributed by atoms with Crippen LogP contribution in [0.5, 0.6) is 0 Å². The smallest absolute Gasteiger partial charge is 0.188 e. The fourth-order valence-corrected chi connectivity index (χ4v) is 17.3. The molecular weight excluding hydrogens is 1570 g/mol. The van der Waals surface area contributed by atoms with E-state index in [0.717, 1.165) is 0 Å². The lowest BCUT2D eigenvalue weighted by atomic mass is 9.81. The number of aliphatic carboxylic acids is 2. The third kappa shape index (κ3) is 20.3. The molecule has 8 rings (SSSR count). The van der Waals surface area contributed by atoms with Crippen molar-refractivity contribution in [3.63, 3.8) is 0 Å². The van der Waals surface area contributed by atoms with Crippen molar-refractivity contribution in [1.29, 1.82) is 0 Å². The van der Waals surface area contributed by atoms with E-state index in [1.807, 2.05) is 41.5 Å². The van der Waals surface area contributed by atoms with Crippen LogP contribution in [0.2, 0.25) is 0 Å². The molecule has 0 aromatic rings. The molecule has 0 aliphatic carbocycles. The van der Waals surface area contributed by atoms with Crippen molar-refractivity contribution in [1.82, 2.24) is 0 Å². The van der Waals surface area contributed by atoms with Crippen LogP contribution >= 0.6 is 142 Å². The van der Waals surface area contributed by atoms with Gasteiger partial charge in [-0.1, -0.05) is 83.1 Å². The summed E-state index contributed by atoms with van der Waals surface area (Å²) in [6.45, 7) is 24.7. The van der Waals surface area contributed by atoms with E-state index in [1.54, 1.807) is 34.6 Å². The van der Waals surface area contributed by atoms with Crippen LogP contribution in [0.25, 0.3) is 0 Å². The summed E-state index contributed by atoms with van der Waals surface area (Å²) in [4.78, 5) is 26.4. The molecular formula is C61H102O30S11-2. The number of hydrogen-bond acceptors (Lipinski definition) is 41. The summed E-state index contributed by atoms with van der Waals surface area (Å²) in [7, 11) is 0. The van der Waals surface area contributed by atoms with Gasteiger partial charge in [0.2, 0.25) is 0 Å². The molecule has 8 fully saturated rings. The lowest BCUT2D eigenvalue weighted by molar-refractivity contribution is -0.386. The van der Waals surface area contributed by atoms with Gasteiger partial charge in [-0.05, 0) is 184 Å². The molecule has 16 unspecified atom stereocenters. The van der Waals surface area contributed by atoms with Crippen molar-refractivity contribution in [2.45, 2.75) is 262 Å². The minimum Gasteiger partial charge on any atom is -0.547 e. The number of carbonyl (C=O) groups excluding carboxylic acids is 2. The summed E-state index contributed by atoms with van der Waals surface area (Å²) < 4.78 is 159. The molecule has 0 saturated carbocycles. The zero-order valence-electron chi connectivity index (χ0n) is 58.5. The molecule has 0 aromatic carbocycles. The lowest BCUT2D eigenvalue weighted by Gasteiger charge is -2.52. The Morgan fingerprint density at radius 1 is 0.245 bits per heavy atom. The number of rotatable bonds is 33. The van der Waals surface area contributed by atoms with Crippen LogP contribution in [0.1, 0.15) is 90.0 Å². The molecule has 0 amide bonds. The van der Waals surface area contributed by atoms with Gasteiger partial charge >= 0.3 is 0 Å². The van der Waals surface area contributed by atoms with Crippen molar-refractivity contribution in [2.75, 3.05) is 39.6 Å². The maximum absolute atomic E-state index is 13.4. The van der Waals surface area contributed by atoms with Crippen LogP contribution in [0, 0.1) is 71.0 Å². The Labute approximate surface area is 658 Å². The average molecular weight is 1670 g/mol. The fraction of sp³-hybridized carbons (Fsp3) is 0.967. The Morgan fingerprint density at radius 3 is 0.755 bits per heavy atom. The number of carboxylic acids is 2. The zero-order chi connectivity index (χ0) is 74.9. The topological polar surface area (TPSA) is 320 Å². The third-order valence-corrected chi connectivity index (χ3v) is 24.6. The number of carbonyl (C=O) groups is 2. The Bertz CT molecular complexity index is 2540. The molecule has 30 nitrogen and oxygen atoms in total. The van der Waals surface area contributed by atoms with Gasteiger partial charge < -0.3 is 137 Å². The predicted octanol–water partition coefficient (Wildman–Crippen LogP) is 5.00. The fourth-order valence-electron chi connectivity index (χ4n) is 15.1. The second kappa shape index (κ2) is 41.7. The molecule has 102 heavy (non-hydrogen) atoms. The number of ether oxygens (including phenoxy) is 15. The number of hydrogen-bond donors (Lipinski definition) is 11. The highest BCUT2D eigenvalue weighted by atomic mass is 32.1. The summed E-state index contributed by atoms with van der Waals surface area (Å²) in [5.41, 5.74) is 0. The molecule has 40 atom stereocenters. The van der Waals surface area contributed by atoms with Crippen LogP contribution in [0.15, 0.2) is 0 Å². The number of thiol groups is 11. The zero-order valence-corrected chi connectivity index (χ0v) is 68.3. The summed E-state index contributed by atoms with van der Waals surface area (Å²) in [5, 5.41) is 26.4. The van der Waals surface area contributed by atoms with Crippen molar-refractivity contribution in [2.24, 2.45) is 71.0 Å². The van der Waals surface area contributed by atoms with Crippen LogP contribution in [-0.2, 0) is 127 Å². The van der Waals surface area contributed by atoms with Gasteiger partial charge in [0.1, 0.15) is 85.5 Å². The van der Waals surface area contributed by atoms with Gasteiger partial charge in [-0.15, -0.1) is 0 Å². The molecule has 0 radical (unpaired) electrons. The Hall–Kier alpha value is 1.75. The largest absolute Gasteiger partial charge is 0.547 e. The lowest BCUT2D eigenvalue weighted by Crippen LogP contribution is -2.66. The first kappa shape index (κ1) is 89.3. The molecule has 8 aliphatic rings. The van der Waals surface area contributed by atoms with Gasteiger partial charge in [0, 0.05) is 35.5 Å². The van der Waals surface area contributed by atoms with E-state index in [0.29, 0.717) is 0 Å². The van der Waals surface area contributed by atoms with E-state index >= 15 is 0 Å². The SMILES string of the molecule is CC1C(C)[C@H](O[C@H]2O[C@@H](COS)[C@@H](O[C@@H]3OC(C(=O)[O-])[C@@H](O[C@H]4OC(COS)[C@@H](O[C@H]5OC(COS)[C@@H](O[C@H]6OC(COS)[C@@H](O[C@H]7OC(COS)[C@H](OS)[C@H](C)C7C)[C@H](C)C6C)[C@H](C)C5C)[C@H](C)C4C)[C@H](C)C3C)C(OS)C2OS)[C@H](C(=O)[O-])O[C@@H]1O[C@@H]1C(COS)O[C@H](C)C(OS)[C@H]1OS. The van der Waals surface area contributed by atoms with Crippen LogP contribution in [-0.4, -0.2) is 224 Å². The quantitative estimate of drug-likeness (QED) is 0.0304. The Kier molecular flexibility index (Phi) is 36.5. The predicted molar refractivity (Wildman–Crippen MR) is 388 cm³/mol.